The minimum absolute atomic E-state index is 0.112. The standard InChI is InChI=1S/C16H18ClN3O3S/c17-14-3-1-2-13(10-14)15(21)19-6-8-20(9-7-19)24(22,23)12-16(11-18)4-5-16/h1-3,10H,4-9,12H2. The smallest absolute Gasteiger partial charge is 0.253 e. The lowest BCUT2D eigenvalue weighted by Crippen LogP contribution is -2.51. The molecule has 1 saturated carbocycles. The maximum absolute atomic E-state index is 12.4. The molecule has 0 spiro atoms. The number of halogens is 1. The number of hydrogen-bond acceptors (Lipinski definition) is 4. The summed E-state index contributed by atoms with van der Waals surface area (Å²) in [5, 5.41) is 9.58. The monoisotopic (exact) mass is 367 g/mol. The van der Waals surface area contributed by atoms with Gasteiger partial charge in [-0.1, -0.05) is 17.7 Å². The Hall–Kier alpha value is -1.62. The summed E-state index contributed by atoms with van der Waals surface area (Å²) in [6, 6.07) is 8.84. The van der Waals surface area contributed by atoms with Gasteiger partial charge in [0.1, 0.15) is 0 Å². The molecule has 0 radical (unpaired) electrons. The largest absolute Gasteiger partial charge is 0.336 e. The summed E-state index contributed by atoms with van der Waals surface area (Å²) in [4.78, 5) is 14.1. The lowest BCUT2D eigenvalue weighted by molar-refractivity contribution is 0.0697. The zero-order valence-corrected chi connectivity index (χ0v) is 14.7. The Bertz CT molecular complexity index is 791. The van der Waals surface area contributed by atoms with Crippen LogP contribution in [0.5, 0.6) is 0 Å². The Balaban J connectivity index is 1.61. The van der Waals surface area contributed by atoms with Gasteiger partial charge in [0, 0.05) is 36.8 Å². The molecular weight excluding hydrogens is 350 g/mol. The van der Waals surface area contributed by atoms with E-state index in [0.717, 1.165) is 0 Å². The van der Waals surface area contributed by atoms with Crippen molar-refractivity contribution in [3.63, 3.8) is 0 Å². The molecule has 0 unspecified atom stereocenters. The van der Waals surface area contributed by atoms with E-state index in [2.05, 4.69) is 6.07 Å². The third-order valence-electron chi connectivity index (χ3n) is 4.54. The molecule has 6 nitrogen and oxygen atoms in total. The van der Waals surface area contributed by atoms with Gasteiger partial charge in [0.05, 0.1) is 17.2 Å². The number of amides is 1. The number of hydrogen-bond donors (Lipinski definition) is 0. The van der Waals surface area contributed by atoms with E-state index >= 15 is 0 Å². The summed E-state index contributed by atoms with van der Waals surface area (Å²) in [6.45, 7) is 1.19. The maximum Gasteiger partial charge on any atom is 0.253 e. The van der Waals surface area contributed by atoms with Crippen molar-refractivity contribution in [1.82, 2.24) is 9.21 Å². The number of nitriles is 1. The van der Waals surface area contributed by atoms with Crippen molar-refractivity contribution in [2.75, 3.05) is 31.9 Å². The highest BCUT2D eigenvalue weighted by Gasteiger charge is 2.48. The van der Waals surface area contributed by atoms with Crippen LogP contribution in [0.3, 0.4) is 0 Å². The van der Waals surface area contributed by atoms with Gasteiger partial charge in [0.25, 0.3) is 5.91 Å². The van der Waals surface area contributed by atoms with Crippen LogP contribution in [0.1, 0.15) is 23.2 Å². The minimum atomic E-state index is -3.46. The predicted molar refractivity (Wildman–Crippen MR) is 90.0 cm³/mol. The number of carbonyl (C=O) groups is 1. The van der Waals surface area contributed by atoms with Crippen LogP contribution in [0.2, 0.25) is 5.02 Å². The Morgan fingerprint density at radius 2 is 1.92 bits per heavy atom. The number of benzene rings is 1. The first-order chi connectivity index (χ1) is 11.4. The zero-order chi connectivity index (χ0) is 17.4. The number of carbonyl (C=O) groups excluding carboxylic acids is 1. The van der Waals surface area contributed by atoms with Crippen LogP contribution in [0, 0.1) is 16.7 Å². The second kappa shape index (κ2) is 6.36. The third kappa shape index (κ3) is 3.56. The van der Waals surface area contributed by atoms with Crippen molar-refractivity contribution in [1.29, 1.82) is 5.26 Å². The molecule has 24 heavy (non-hydrogen) atoms. The number of sulfonamides is 1. The van der Waals surface area contributed by atoms with E-state index in [1.54, 1.807) is 29.2 Å². The van der Waals surface area contributed by atoms with Gasteiger partial charge in [-0.2, -0.15) is 9.57 Å². The van der Waals surface area contributed by atoms with E-state index < -0.39 is 15.4 Å². The van der Waals surface area contributed by atoms with Gasteiger partial charge >= 0.3 is 0 Å². The van der Waals surface area contributed by atoms with Crippen LogP contribution >= 0.6 is 11.6 Å². The molecule has 8 heteroatoms. The second-order valence-corrected chi connectivity index (χ2v) is 8.76. The summed E-state index contributed by atoms with van der Waals surface area (Å²) in [5.41, 5.74) is -0.188. The van der Waals surface area contributed by atoms with Gasteiger partial charge in [0.2, 0.25) is 10.0 Å². The first-order valence-electron chi connectivity index (χ1n) is 7.79. The van der Waals surface area contributed by atoms with E-state index in [0.29, 0.717) is 36.5 Å². The Labute approximate surface area is 146 Å². The molecule has 1 aromatic rings. The van der Waals surface area contributed by atoms with Crippen molar-refractivity contribution in [2.24, 2.45) is 5.41 Å². The van der Waals surface area contributed by atoms with E-state index in [9.17, 15) is 13.2 Å². The van der Waals surface area contributed by atoms with Crippen LogP contribution in [-0.2, 0) is 10.0 Å². The van der Waals surface area contributed by atoms with Crippen LogP contribution in [0.25, 0.3) is 0 Å². The van der Waals surface area contributed by atoms with Crippen molar-refractivity contribution < 1.29 is 13.2 Å². The second-order valence-electron chi connectivity index (χ2n) is 6.35. The molecule has 1 aliphatic heterocycles. The SMILES string of the molecule is N#CC1(CS(=O)(=O)N2CCN(C(=O)c3cccc(Cl)c3)CC2)CC1. The molecular formula is C16H18ClN3O3S. The Morgan fingerprint density at radius 1 is 1.25 bits per heavy atom. The van der Waals surface area contributed by atoms with Crippen LogP contribution in [0.4, 0.5) is 0 Å². The molecule has 128 valence electrons. The molecule has 3 rings (SSSR count). The van der Waals surface area contributed by atoms with Crippen LogP contribution in [0.15, 0.2) is 24.3 Å². The summed E-state index contributed by atoms with van der Waals surface area (Å²) >= 11 is 5.91. The first-order valence-corrected chi connectivity index (χ1v) is 9.78. The molecule has 1 heterocycles. The van der Waals surface area contributed by atoms with Crippen molar-refractivity contribution in [3.8, 4) is 6.07 Å². The van der Waals surface area contributed by atoms with Gasteiger partial charge < -0.3 is 4.90 Å². The molecule has 1 aromatic carbocycles. The molecule has 0 atom stereocenters. The summed E-state index contributed by atoms with van der Waals surface area (Å²) in [6.07, 6.45) is 1.30. The average Bonchev–Trinajstić information content (AvgIpc) is 3.34. The molecule has 0 aromatic heterocycles. The van der Waals surface area contributed by atoms with Crippen LogP contribution < -0.4 is 0 Å². The quantitative estimate of drug-likeness (QED) is 0.811. The van der Waals surface area contributed by atoms with Crippen molar-refractivity contribution in [3.05, 3.63) is 34.9 Å². The van der Waals surface area contributed by atoms with Gasteiger partial charge in [-0.25, -0.2) is 8.42 Å². The fraction of sp³-hybridized carbons (Fsp3) is 0.500. The predicted octanol–water partition coefficient (Wildman–Crippen LogP) is 1.73. The van der Waals surface area contributed by atoms with Gasteiger partial charge in [-0.15, -0.1) is 0 Å². The molecule has 1 aliphatic carbocycles. The zero-order valence-electron chi connectivity index (χ0n) is 13.1. The van der Waals surface area contributed by atoms with Gasteiger partial charge in [0.15, 0.2) is 0 Å². The number of piperazine rings is 1. The topological polar surface area (TPSA) is 81.5 Å². The van der Waals surface area contributed by atoms with E-state index in [-0.39, 0.29) is 24.7 Å². The average molecular weight is 368 g/mol. The van der Waals surface area contributed by atoms with Gasteiger partial charge in [-0.3, -0.25) is 4.79 Å². The van der Waals surface area contributed by atoms with E-state index in [4.69, 9.17) is 16.9 Å². The molecule has 0 N–H and O–H groups in total. The highest BCUT2D eigenvalue weighted by molar-refractivity contribution is 7.89. The van der Waals surface area contributed by atoms with Crippen LogP contribution in [-0.4, -0.2) is 55.5 Å². The maximum atomic E-state index is 12.4. The number of nitrogens with zero attached hydrogens (tertiary/aromatic N) is 3. The fourth-order valence-electron chi connectivity index (χ4n) is 2.85. The lowest BCUT2D eigenvalue weighted by atomic mass is 10.2. The highest BCUT2D eigenvalue weighted by atomic mass is 35.5. The summed E-state index contributed by atoms with van der Waals surface area (Å²) in [5.74, 6) is -0.260. The van der Waals surface area contributed by atoms with Crippen molar-refractivity contribution in [2.45, 2.75) is 12.8 Å². The van der Waals surface area contributed by atoms with Crippen molar-refractivity contribution >= 4 is 27.5 Å². The lowest BCUT2D eigenvalue weighted by Gasteiger charge is -2.34. The molecule has 1 saturated heterocycles. The summed E-state index contributed by atoms with van der Waals surface area (Å²) < 4.78 is 26.3. The van der Waals surface area contributed by atoms with E-state index in [1.165, 1.54) is 4.31 Å². The molecule has 1 amide bonds. The molecule has 2 fully saturated rings. The van der Waals surface area contributed by atoms with E-state index in [1.807, 2.05) is 0 Å². The highest BCUT2D eigenvalue weighted by Crippen LogP contribution is 2.46. The first kappa shape index (κ1) is 17.2. The third-order valence-corrected chi connectivity index (χ3v) is 6.84. The Morgan fingerprint density at radius 3 is 2.46 bits per heavy atom. The molecule has 0 bridgehead atoms. The minimum Gasteiger partial charge on any atom is -0.336 e. The Kier molecular flexibility index (Phi) is 4.56. The normalized spacial score (nSPS) is 20.4. The summed E-state index contributed by atoms with van der Waals surface area (Å²) in [7, 11) is -3.46. The number of rotatable bonds is 4. The fourth-order valence-corrected chi connectivity index (χ4v) is 5.00. The molecule has 2 aliphatic rings. The van der Waals surface area contributed by atoms with Gasteiger partial charge in [-0.05, 0) is 31.0 Å².